The lowest BCUT2D eigenvalue weighted by Crippen LogP contribution is -2.50. The van der Waals surface area contributed by atoms with Crippen molar-refractivity contribution in [3.8, 4) is 17.2 Å². The van der Waals surface area contributed by atoms with Crippen molar-refractivity contribution in [2.45, 2.75) is 12.5 Å². The van der Waals surface area contributed by atoms with E-state index in [1.165, 1.54) is 0 Å². The van der Waals surface area contributed by atoms with Crippen LogP contribution in [0.1, 0.15) is 5.56 Å². The summed E-state index contributed by atoms with van der Waals surface area (Å²) < 4.78 is 11.0. The number of ether oxygens (including phenoxy) is 2. The first-order valence-electron chi connectivity index (χ1n) is 12.7. The highest BCUT2D eigenvalue weighted by Gasteiger charge is 2.21. The number of hydrogen-bond acceptors (Lipinski definition) is 5. The summed E-state index contributed by atoms with van der Waals surface area (Å²) in [6, 6.07) is 32.4. The molecule has 200 valence electrons. The second kappa shape index (κ2) is 14.1. The Labute approximate surface area is 228 Å². The number of urea groups is 1. The average Bonchev–Trinajstić information content (AvgIpc) is 2.97. The van der Waals surface area contributed by atoms with Crippen LogP contribution < -0.4 is 30.7 Å². The zero-order valence-corrected chi connectivity index (χ0v) is 21.7. The third-order valence-electron chi connectivity index (χ3n) is 5.84. The van der Waals surface area contributed by atoms with Crippen LogP contribution in [-0.4, -0.2) is 38.2 Å². The summed E-state index contributed by atoms with van der Waals surface area (Å²) in [5, 5.41) is 11.8. The van der Waals surface area contributed by atoms with Crippen LogP contribution in [0.2, 0.25) is 0 Å². The molecule has 3 amide bonds. The van der Waals surface area contributed by atoms with E-state index in [0.29, 0.717) is 30.9 Å². The van der Waals surface area contributed by atoms with Crippen LogP contribution in [0.15, 0.2) is 109 Å². The Morgan fingerprint density at radius 1 is 0.692 bits per heavy atom. The second-order valence-electron chi connectivity index (χ2n) is 8.73. The Morgan fingerprint density at radius 3 is 1.95 bits per heavy atom. The summed E-state index contributed by atoms with van der Waals surface area (Å²) in [4.78, 5) is 25.8. The van der Waals surface area contributed by atoms with E-state index in [4.69, 9.17) is 9.47 Å². The minimum Gasteiger partial charge on any atom is -0.497 e. The van der Waals surface area contributed by atoms with Crippen LogP contribution in [0.5, 0.6) is 17.2 Å². The first-order valence-corrected chi connectivity index (χ1v) is 12.7. The van der Waals surface area contributed by atoms with Gasteiger partial charge in [-0.15, -0.1) is 0 Å². The lowest BCUT2D eigenvalue weighted by molar-refractivity contribution is -0.122. The van der Waals surface area contributed by atoms with E-state index >= 15 is 0 Å². The molecule has 0 bridgehead atoms. The molecular weight excluding hydrogens is 492 g/mol. The molecule has 39 heavy (non-hydrogen) atoms. The number of para-hydroxylation sites is 1. The Bertz CT molecular complexity index is 1310. The summed E-state index contributed by atoms with van der Waals surface area (Å²) in [5.41, 5.74) is 2.44. The zero-order valence-electron chi connectivity index (χ0n) is 21.7. The molecule has 4 aromatic rings. The molecule has 0 aliphatic heterocycles. The van der Waals surface area contributed by atoms with E-state index < -0.39 is 12.1 Å². The number of anilines is 2. The molecule has 0 fully saturated rings. The largest absolute Gasteiger partial charge is 0.497 e. The number of benzene rings is 4. The Kier molecular flexibility index (Phi) is 9.78. The normalized spacial score (nSPS) is 11.1. The molecule has 0 radical (unpaired) electrons. The van der Waals surface area contributed by atoms with E-state index in [2.05, 4.69) is 21.3 Å². The first-order chi connectivity index (χ1) is 19.1. The van der Waals surface area contributed by atoms with Crippen LogP contribution >= 0.6 is 0 Å². The van der Waals surface area contributed by atoms with Gasteiger partial charge in [0.05, 0.1) is 7.11 Å². The SMILES string of the molecule is COc1ccc(NCCNC(=O)C(Cc2ccccc2)NC(=O)Nc2ccc(Oc3ccccc3)cc2)cc1. The monoisotopic (exact) mass is 524 g/mol. The van der Waals surface area contributed by atoms with Gasteiger partial charge in [-0.3, -0.25) is 4.79 Å². The number of hydrogen-bond donors (Lipinski definition) is 4. The molecule has 4 rings (SSSR count). The summed E-state index contributed by atoms with van der Waals surface area (Å²) in [6.45, 7) is 0.919. The predicted octanol–water partition coefficient (Wildman–Crippen LogP) is 5.45. The van der Waals surface area contributed by atoms with Gasteiger partial charge in [0.15, 0.2) is 0 Å². The quantitative estimate of drug-likeness (QED) is 0.185. The van der Waals surface area contributed by atoms with Crippen molar-refractivity contribution in [2.24, 2.45) is 0 Å². The molecule has 0 saturated carbocycles. The van der Waals surface area contributed by atoms with Crippen molar-refractivity contribution in [3.63, 3.8) is 0 Å². The number of amides is 3. The molecule has 1 unspecified atom stereocenters. The van der Waals surface area contributed by atoms with E-state index in [1.54, 1.807) is 31.4 Å². The minimum atomic E-state index is -0.755. The topological polar surface area (TPSA) is 101 Å². The summed E-state index contributed by atoms with van der Waals surface area (Å²) >= 11 is 0. The number of carbonyl (C=O) groups excluding carboxylic acids is 2. The van der Waals surface area contributed by atoms with Gasteiger partial charge in [0, 0.05) is 30.9 Å². The van der Waals surface area contributed by atoms with E-state index in [0.717, 1.165) is 22.7 Å². The van der Waals surface area contributed by atoms with E-state index in [-0.39, 0.29) is 5.91 Å². The van der Waals surface area contributed by atoms with Gasteiger partial charge in [-0.05, 0) is 66.2 Å². The molecule has 0 aliphatic rings. The standard InChI is InChI=1S/C31H32N4O4/c1-38-26-16-12-24(13-17-26)32-20-21-33-30(36)29(22-23-8-4-2-5-9-23)35-31(37)34-25-14-18-28(19-15-25)39-27-10-6-3-7-11-27/h2-19,29,32H,20-22H2,1H3,(H,33,36)(H2,34,35,37). The van der Waals surface area contributed by atoms with Gasteiger partial charge in [-0.2, -0.15) is 0 Å². The molecule has 8 nitrogen and oxygen atoms in total. The lowest BCUT2D eigenvalue weighted by atomic mass is 10.1. The highest BCUT2D eigenvalue weighted by Crippen LogP contribution is 2.22. The van der Waals surface area contributed by atoms with Gasteiger partial charge in [0.1, 0.15) is 23.3 Å². The van der Waals surface area contributed by atoms with Crippen molar-refractivity contribution in [1.82, 2.24) is 10.6 Å². The lowest BCUT2D eigenvalue weighted by Gasteiger charge is -2.19. The van der Waals surface area contributed by atoms with Crippen LogP contribution in [-0.2, 0) is 11.2 Å². The highest BCUT2D eigenvalue weighted by atomic mass is 16.5. The van der Waals surface area contributed by atoms with Gasteiger partial charge >= 0.3 is 6.03 Å². The van der Waals surface area contributed by atoms with Crippen molar-refractivity contribution in [3.05, 3.63) is 115 Å². The van der Waals surface area contributed by atoms with E-state index in [9.17, 15) is 9.59 Å². The van der Waals surface area contributed by atoms with Crippen molar-refractivity contribution < 1.29 is 19.1 Å². The molecule has 0 aromatic heterocycles. The molecule has 0 aliphatic carbocycles. The maximum atomic E-state index is 13.0. The van der Waals surface area contributed by atoms with E-state index in [1.807, 2.05) is 84.9 Å². The first kappa shape index (κ1) is 27.1. The molecule has 1 atom stereocenters. The third kappa shape index (κ3) is 8.82. The Hall–Kier alpha value is -4.98. The fourth-order valence-electron chi connectivity index (χ4n) is 3.84. The maximum Gasteiger partial charge on any atom is 0.319 e. The van der Waals surface area contributed by atoms with Gasteiger partial charge in [-0.1, -0.05) is 48.5 Å². The van der Waals surface area contributed by atoms with Crippen molar-refractivity contribution in [1.29, 1.82) is 0 Å². The van der Waals surface area contributed by atoms with Gasteiger partial charge < -0.3 is 30.7 Å². The molecule has 0 heterocycles. The Morgan fingerprint density at radius 2 is 1.28 bits per heavy atom. The fraction of sp³-hybridized carbons (Fsp3) is 0.161. The molecule has 0 saturated heterocycles. The van der Waals surface area contributed by atoms with Crippen molar-refractivity contribution >= 4 is 23.3 Å². The van der Waals surface area contributed by atoms with Crippen molar-refractivity contribution in [2.75, 3.05) is 30.8 Å². The molecule has 0 spiro atoms. The van der Waals surface area contributed by atoms with Gasteiger partial charge in [0.25, 0.3) is 0 Å². The minimum absolute atomic E-state index is 0.267. The number of carbonyl (C=O) groups is 2. The Balaban J connectivity index is 1.30. The summed E-state index contributed by atoms with van der Waals surface area (Å²) in [5.74, 6) is 1.89. The van der Waals surface area contributed by atoms with Crippen LogP contribution in [0.25, 0.3) is 0 Å². The predicted molar refractivity (Wildman–Crippen MR) is 154 cm³/mol. The number of nitrogens with one attached hydrogen (secondary N) is 4. The maximum absolute atomic E-state index is 13.0. The molecule has 4 N–H and O–H groups in total. The van der Waals surface area contributed by atoms with Crippen LogP contribution in [0.4, 0.5) is 16.2 Å². The number of rotatable bonds is 12. The van der Waals surface area contributed by atoms with Gasteiger partial charge in [-0.25, -0.2) is 4.79 Å². The van der Waals surface area contributed by atoms with Crippen LogP contribution in [0.3, 0.4) is 0 Å². The molecular formula is C31H32N4O4. The summed E-state index contributed by atoms with van der Waals surface area (Å²) in [7, 11) is 1.62. The third-order valence-corrected chi connectivity index (χ3v) is 5.84. The fourth-order valence-corrected chi connectivity index (χ4v) is 3.84. The molecule has 8 heteroatoms. The zero-order chi connectivity index (χ0) is 27.3. The number of methoxy groups -OCH3 is 1. The van der Waals surface area contributed by atoms with Gasteiger partial charge in [0.2, 0.25) is 5.91 Å². The summed E-state index contributed by atoms with van der Waals surface area (Å²) in [6.07, 6.45) is 0.357. The smallest absolute Gasteiger partial charge is 0.319 e. The molecule has 4 aromatic carbocycles. The highest BCUT2D eigenvalue weighted by molar-refractivity contribution is 5.93. The second-order valence-corrected chi connectivity index (χ2v) is 8.73. The van der Waals surface area contributed by atoms with Crippen LogP contribution in [0, 0.1) is 0 Å². The average molecular weight is 525 g/mol.